The Bertz CT molecular complexity index is 597. The maximum Gasteiger partial charge on any atom is 0.269 e. The zero-order chi connectivity index (χ0) is 14.5. The molecule has 0 spiro atoms. The summed E-state index contributed by atoms with van der Waals surface area (Å²) in [5.41, 5.74) is 8.16. The van der Waals surface area contributed by atoms with Crippen LogP contribution in [0.25, 0.3) is 0 Å². The molecular formula is C15H16N2O2S. The van der Waals surface area contributed by atoms with Gasteiger partial charge in [0.25, 0.3) is 5.69 Å². The molecule has 0 saturated heterocycles. The fraction of sp³-hybridized carbons (Fsp3) is 0.200. The van der Waals surface area contributed by atoms with Gasteiger partial charge in [0.15, 0.2) is 0 Å². The Balaban J connectivity index is 2.01. The van der Waals surface area contributed by atoms with E-state index in [1.807, 2.05) is 25.1 Å². The minimum absolute atomic E-state index is 0.0231. The van der Waals surface area contributed by atoms with Crippen LogP contribution in [-0.4, -0.2) is 4.92 Å². The van der Waals surface area contributed by atoms with Crippen LogP contribution in [0.2, 0.25) is 0 Å². The SMILES string of the molecule is CC(N)c1cccc(SCc2ccc([N+](=O)[O-])cc2)c1. The summed E-state index contributed by atoms with van der Waals surface area (Å²) in [7, 11) is 0. The molecule has 20 heavy (non-hydrogen) atoms. The summed E-state index contributed by atoms with van der Waals surface area (Å²) in [6.45, 7) is 1.96. The number of nitrogens with zero attached hydrogens (tertiary/aromatic N) is 1. The Morgan fingerprint density at radius 2 is 1.95 bits per heavy atom. The quantitative estimate of drug-likeness (QED) is 0.514. The predicted octanol–water partition coefficient (Wildman–Crippen LogP) is 3.91. The minimum atomic E-state index is -0.386. The second-order valence-corrected chi connectivity index (χ2v) is 5.62. The van der Waals surface area contributed by atoms with Crippen LogP contribution in [0.4, 0.5) is 5.69 Å². The third kappa shape index (κ3) is 3.82. The maximum absolute atomic E-state index is 10.6. The Morgan fingerprint density at radius 3 is 2.55 bits per heavy atom. The molecule has 0 aliphatic heterocycles. The zero-order valence-electron chi connectivity index (χ0n) is 11.2. The first-order valence-corrected chi connectivity index (χ1v) is 7.26. The van der Waals surface area contributed by atoms with E-state index in [9.17, 15) is 10.1 Å². The van der Waals surface area contributed by atoms with E-state index in [1.54, 1.807) is 23.9 Å². The number of nitrogens with two attached hydrogens (primary N) is 1. The molecule has 0 radical (unpaired) electrons. The van der Waals surface area contributed by atoms with Gasteiger partial charge in [-0.3, -0.25) is 10.1 Å². The molecule has 0 saturated carbocycles. The van der Waals surface area contributed by atoms with Crippen LogP contribution in [0.15, 0.2) is 53.4 Å². The van der Waals surface area contributed by atoms with Crippen LogP contribution < -0.4 is 5.73 Å². The molecule has 104 valence electrons. The van der Waals surface area contributed by atoms with Gasteiger partial charge in [-0.25, -0.2) is 0 Å². The molecule has 2 aromatic rings. The van der Waals surface area contributed by atoms with E-state index in [2.05, 4.69) is 6.07 Å². The number of nitro benzene ring substituents is 1. The Kier molecular flexibility index (Phi) is 4.76. The lowest BCUT2D eigenvalue weighted by molar-refractivity contribution is -0.384. The Labute approximate surface area is 122 Å². The molecule has 2 aromatic carbocycles. The average Bonchev–Trinajstić information content (AvgIpc) is 2.46. The van der Waals surface area contributed by atoms with Gasteiger partial charge in [-0.2, -0.15) is 0 Å². The second kappa shape index (κ2) is 6.54. The highest BCUT2D eigenvalue weighted by atomic mass is 32.2. The largest absolute Gasteiger partial charge is 0.324 e. The molecule has 0 aliphatic carbocycles. The summed E-state index contributed by atoms with van der Waals surface area (Å²) in [6.07, 6.45) is 0. The van der Waals surface area contributed by atoms with Crippen LogP contribution in [0.3, 0.4) is 0 Å². The molecule has 0 fully saturated rings. The number of rotatable bonds is 5. The molecule has 2 rings (SSSR count). The first kappa shape index (κ1) is 14.6. The van der Waals surface area contributed by atoms with Gasteiger partial charge < -0.3 is 5.73 Å². The molecule has 2 N–H and O–H groups in total. The van der Waals surface area contributed by atoms with Gasteiger partial charge in [-0.05, 0) is 30.2 Å². The number of benzene rings is 2. The van der Waals surface area contributed by atoms with Crippen molar-refractivity contribution in [3.63, 3.8) is 0 Å². The van der Waals surface area contributed by atoms with E-state index in [0.29, 0.717) is 0 Å². The molecule has 1 atom stereocenters. The number of nitro groups is 1. The van der Waals surface area contributed by atoms with Crippen molar-refractivity contribution in [2.24, 2.45) is 5.73 Å². The van der Waals surface area contributed by atoms with Crippen molar-refractivity contribution in [1.82, 2.24) is 0 Å². The second-order valence-electron chi connectivity index (χ2n) is 4.57. The third-order valence-corrected chi connectivity index (χ3v) is 4.00. The van der Waals surface area contributed by atoms with Gasteiger partial charge in [0.05, 0.1) is 4.92 Å². The summed E-state index contributed by atoms with van der Waals surface area (Å²) in [5, 5.41) is 10.6. The van der Waals surface area contributed by atoms with Gasteiger partial charge in [-0.1, -0.05) is 24.3 Å². The van der Waals surface area contributed by atoms with E-state index in [-0.39, 0.29) is 16.7 Å². The minimum Gasteiger partial charge on any atom is -0.324 e. The van der Waals surface area contributed by atoms with Gasteiger partial charge in [-0.15, -0.1) is 11.8 Å². The first-order chi connectivity index (χ1) is 9.56. The number of hydrogen-bond donors (Lipinski definition) is 1. The van der Waals surface area contributed by atoms with Gasteiger partial charge in [0.2, 0.25) is 0 Å². The fourth-order valence-corrected chi connectivity index (χ4v) is 2.69. The number of hydrogen-bond acceptors (Lipinski definition) is 4. The highest BCUT2D eigenvalue weighted by molar-refractivity contribution is 7.98. The van der Waals surface area contributed by atoms with Crippen LogP contribution in [-0.2, 0) is 5.75 Å². The summed E-state index contributed by atoms with van der Waals surface area (Å²) >= 11 is 1.69. The van der Waals surface area contributed by atoms with Gasteiger partial charge >= 0.3 is 0 Å². The molecule has 0 amide bonds. The van der Waals surface area contributed by atoms with Crippen LogP contribution in [0.1, 0.15) is 24.1 Å². The zero-order valence-corrected chi connectivity index (χ0v) is 12.0. The molecule has 4 nitrogen and oxygen atoms in total. The third-order valence-electron chi connectivity index (χ3n) is 2.94. The number of non-ortho nitro benzene ring substituents is 1. The van der Waals surface area contributed by atoms with Crippen molar-refractivity contribution in [2.45, 2.75) is 23.6 Å². The standard InChI is InChI=1S/C15H16N2O2S/c1-11(16)13-3-2-4-15(9-13)20-10-12-5-7-14(8-6-12)17(18)19/h2-9,11H,10,16H2,1H3. The van der Waals surface area contributed by atoms with Crippen molar-refractivity contribution >= 4 is 17.4 Å². The predicted molar refractivity (Wildman–Crippen MR) is 81.7 cm³/mol. The normalized spacial score (nSPS) is 12.1. The van der Waals surface area contributed by atoms with Gasteiger partial charge in [0, 0.05) is 28.8 Å². The molecular weight excluding hydrogens is 272 g/mol. The average molecular weight is 288 g/mol. The highest BCUT2D eigenvalue weighted by Crippen LogP contribution is 2.25. The molecule has 0 heterocycles. The van der Waals surface area contributed by atoms with E-state index in [1.165, 1.54) is 12.1 Å². The lowest BCUT2D eigenvalue weighted by atomic mass is 10.1. The van der Waals surface area contributed by atoms with Crippen molar-refractivity contribution < 1.29 is 4.92 Å². The lowest BCUT2D eigenvalue weighted by Gasteiger charge is -2.08. The lowest BCUT2D eigenvalue weighted by Crippen LogP contribution is -2.04. The van der Waals surface area contributed by atoms with Crippen LogP contribution >= 0.6 is 11.8 Å². The number of thioether (sulfide) groups is 1. The summed E-state index contributed by atoms with van der Waals surface area (Å²) in [4.78, 5) is 11.3. The monoisotopic (exact) mass is 288 g/mol. The van der Waals surface area contributed by atoms with E-state index < -0.39 is 0 Å². The highest BCUT2D eigenvalue weighted by Gasteiger charge is 2.05. The van der Waals surface area contributed by atoms with Crippen LogP contribution in [0, 0.1) is 10.1 Å². The summed E-state index contributed by atoms with van der Waals surface area (Å²) in [5.74, 6) is 0.778. The van der Waals surface area contributed by atoms with Crippen molar-refractivity contribution in [1.29, 1.82) is 0 Å². The Morgan fingerprint density at radius 1 is 1.25 bits per heavy atom. The van der Waals surface area contributed by atoms with E-state index in [4.69, 9.17) is 5.73 Å². The topological polar surface area (TPSA) is 69.2 Å². The van der Waals surface area contributed by atoms with E-state index in [0.717, 1.165) is 21.8 Å². The summed E-state index contributed by atoms with van der Waals surface area (Å²) < 4.78 is 0. The molecule has 0 aromatic heterocycles. The molecule has 0 bridgehead atoms. The maximum atomic E-state index is 10.6. The molecule has 5 heteroatoms. The van der Waals surface area contributed by atoms with Crippen molar-refractivity contribution in [3.8, 4) is 0 Å². The van der Waals surface area contributed by atoms with Crippen molar-refractivity contribution in [3.05, 3.63) is 69.8 Å². The van der Waals surface area contributed by atoms with E-state index >= 15 is 0 Å². The first-order valence-electron chi connectivity index (χ1n) is 6.28. The molecule has 1 unspecified atom stereocenters. The van der Waals surface area contributed by atoms with Crippen molar-refractivity contribution in [2.75, 3.05) is 0 Å². The summed E-state index contributed by atoms with van der Waals surface area (Å²) in [6, 6.07) is 14.8. The van der Waals surface area contributed by atoms with Crippen LogP contribution in [0.5, 0.6) is 0 Å². The Hall–Kier alpha value is -1.85. The fourth-order valence-electron chi connectivity index (χ4n) is 1.77. The molecule has 0 aliphatic rings. The smallest absolute Gasteiger partial charge is 0.269 e. The van der Waals surface area contributed by atoms with Gasteiger partial charge in [0.1, 0.15) is 0 Å².